The Morgan fingerprint density at radius 2 is 2.33 bits per heavy atom. The minimum atomic E-state index is -0.664. The van der Waals surface area contributed by atoms with E-state index in [0.717, 1.165) is 0 Å². The third kappa shape index (κ3) is 3.92. The summed E-state index contributed by atoms with van der Waals surface area (Å²) < 4.78 is 0. The van der Waals surface area contributed by atoms with Crippen LogP contribution < -0.4 is 0 Å². The van der Waals surface area contributed by atoms with E-state index >= 15 is 0 Å². The highest BCUT2D eigenvalue weighted by Crippen LogP contribution is 1.83. The average molecular weight is 88.1 g/mol. The van der Waals surface area contributed by atoms with Crippen LogP contribution in [-0.2, 0) is 5.11 Å². The second-order valence-corrected chi connectivity index (χ2v) is 1.15. The van der Waals surface area contributed by atoms with Crippen molar-refractivity contribution in [3.05, 3.63) is 6.92 Å². The van der Waals surface area contributed by atoms with Crippen LogP contribution in [0.4, 0.5) is 0 Å². The molecule has 2 nitrogen and oxygen atoms in total. The molecule has 0 rings (SSSR count). The van der Waals surface area contributed by atoms with Gasteiger partial charge in [-0.3, -0.25) is 0 Å². The SMILES string of the molecule is [CH2]C(O)CC[O]. The van der Waals surface area contributed by atoms with Crippen LogP contribution >= 0.6 is 0 Å². The number of rotatable bonds is 2. The molecule has 0 aliphatic heterocycles. The number of aliphatic hydroxyl groups is 1. The lowest BCUT2D eigenvalue weighted by molar-refractivity contribution is 0.128. The van der Waals surface area contributed by atoms with Gasteiger partial charge in [-0.05, 0) is 13.3 Å². The van der Waals surface area contributed by atoms with Crippen molar-refractivity contribution < 1.29 is 10.2 Å². The fourth-order valence-electron chi connectivity index (χ4n) is 0.136. The van der Waals surface area contributed by atoms with Crippen molar-refractivity contribution in [3.63, 3.8) is 0 Å². The summed E-state index contributed by atoms with van der Waals surface area (Å²) in [5.74, 6) is 0. The van der Waals surface area contributed by atoms with E-state index in [1.54, 1.807) is 0 Å². The quantitative estimate of drug-likeness (QED) is 0.507. The molecule has 0 amide bonds. The van der Waals surface area contributed by atoms with Crippen molar-refractivity contribution in [2.45, 2.75) is 12.5 Å². The molecule has 0 fully saturated rings. The Balaban J connectivity index is 2.63. The van der Waals surface area contributed by atoms with Crippen LogP contribution in [0.3, 0.4) is 0 Å². The first-order valence-electron chi connectivity index (χ1n) is 1.86. The van der Waals surface area contributed by atoms with Gasteiger partial charge in [0.05, 0.1) is 12.7 Å². The van der Waals surface area contributed by atoms with Crippen molar-refractivity contribution in [3.8, 4) is 0 Å². The molecule has 1 N–H and O–H groups in total. The summed E-state index contributed by atoms with van der Waals surface area (Å²) in [7, 11) is 0. The zero-order chi connectivity index (χ0) is 4.99. The van der Waals surface area contributed by atoms with E-state index in [0.29, 0.717) is 0 Å². The molecule has 0 aliphatic carbocycles. The molecule has 0 aromatic carbocycles. The van der Waals surface area contributed by atoms with Gasteiger partial charge in [-0.1, -0.05) is 0 Å². The standard InChI is InChI=1S/C4H8O2/c1-4(6)2-3-5/h4,6H,1-3H2. The zero-order valence-corrected chi connectivity index (χ0v) is 3.55. The Kier molecular flexibility index (Phi) is 3.08. The monoisotopic (exact) mass is 88.1 g/mol. The fourth-order valence-corrected chi connectivity index (χ4v) is 0.136. The first-order valence-corrected chi connectivity index (χ1v) is 1.86. The van der Waals surface area contributed by atoms with Gasteiger partial charge in [0.2, 0.25) is 0 Å². The fraction of sp³-hybridized carbons (Fsp3) is 0.750. The Hall–Kier alpha value is -0.0800. The van der Waals surface area contributed by atoms with E-state index < -0.39 is 6.10 Å². The maximum Gasteiger partial charge on any atom is 0.0846 e. The molecule has 0 spiro atoms. The first-order chi connectivity index (χ1) is 2.77. The van der Waals surface area contributed by atoms with Crippen LogP contribution in [0.15, 0.2) is 0 Å². The molecule has 36 valence electrons. The minimum absolute atomic E-state index is 0.231. The molecule has 0 saturated carbocycles. The molecule has 1 unspecified atom stereocenters. The molecule has 0 aliphatic rings. The molecule has 2 heteroatoms. The van der Waals surface area contributed by atoms with Gasteiger partial charge in [-0.15, -0.1) is 0 Å². The van der Waals surface area contributed by atoms with E-state index in [-0.39, 0.29) is 13.0 Å². The van der Waals surface area contributed by atoms with Crippen LogP contribution in [0.25, 0.3) is 0 Å². The number of hydrogen-bond donors (Lipinski definition) is 1. The molecule has 0 aromatic rings. The lowest BCUT2D eigenvalue weighted by atomic mass is 10.3. The second-order valence-electron chi connectivity index (χ2n) is 1.15. The van der Waals surface area contributed by atoms with Gasteiger partial charge in [0, 0.05) is 0 Å². The number of aliphatic hydroxyl groups excluding tert-OH is 1. The molecule has 0 saturated heterocycles. The molecule has 6 heavy (non-hydrogen) atoms. The summed E-state index contributed by atoms with van der Waals surface area (Å²) in [6.45, 7) is 2.95. The maximum atomic E-state index is 9.54. The number of hydrogen-bond acceptors (Lipinski definition) is 1. The van der Waals surface area contributed by atoms with Crippen molar-refractivity contribution >= 4 is 0 Å². The van der Waals surface area contributed by atoms with Gasteiger partial charge in [-0.2, -0.15) is 0 Å². The predicted molar refractivity (Wildman–Crippen MR) is 21.5 cm³/mol. The van der Waals surface area contributed by atoms with Crippen LogP contribution in [0.2, 0.25) is 0 Å². The molecule has 1 atom stereocenters. The lowest BCUT2D eigenvalue weighted by Crippen LogP contribution is -2.00. The van der Waals surface area contributed by atoms with Crippen LogP contribution in [0, 0.1) is 6.92 Å². The highest BCUT2D eigenvalue weighted by atomic mass is 16.3. The van der Waals surface area contributed by atoms with E-state index in [1.165, 1.54) is 0 Å². The lowest BCUT2D eigenvalue weighted by Gasteiger charge is -1.93. The minimum Gasteiger partial charge on any atom is -0.393 e. The zero-order valence-electron chi connectivity index (χ0n) is 3.55. The summed E-state index contributed by atoms with van der Waals surface area (Å²) in [6, 6.07) is 0. The molecule has 2 radical (unpaired) electrons. The maximum absolute atomic E-state index is 9.54. The van der Waals surface area contributed by atoms with Crippen molar-refractivity contribution in [1.82, 2.24) is 0 Å². The largest absolute Gasteiger partial charge is 0.393 e. The van der Waals surface area contributed by atoms with Crippen molar-refractivity contribution in [2.75, 3.05) is 6.61 Å². The first kappa shape index (κ1) is 5.92. The summed E-state index contributed by atoms with van der Waals surface area (Å²) in [5.41, 5.74) is 0. The predicted octanol–water partition coefficient (Wildman–Crippen LogP) is 0.00199. The molecule has 0 aromatic heterocycles. The van der Waals surface area contributed by atoms with Gasteiger partial charge < -0.3 is 5.11 Å². The Bertz CT molecular complexity index is 26.7. The molecule has 0 heterocycles. The van der Waals surface area contributed by atoms with E-state index in [4.69, 9.17) is 5.11 Å². The summed E-state index contributed by atoms with van der Waals surface area (Å²) in [4.78, 5) is 0. The van der Waals surface area contributed by atoms with Crippen molar-refractivity contribution in [2.24, 2.45) is 0 Å². The van der Waals surface area contributed by atoms with Crippen LogP contribution in [0.1, 0.15) is 6.42 Å². The third-order valence-electron chi connectivity index (χ3n) is 0.451. The Morgan fingerprint density at radius 3 is 2.33 bits per heavy atom. The molecular formula is C4H8O2. The average Bonchev–Trinajstić information content (AvgIpc) is 1.35. The summed E-state index contributed by atoms with van der Waals surface area (Å²) in [6.07, 6.45) is -0.400. The van der Waals surface area contributed by atoms with E-state index in [1.807, 2.05) is 0 Å². The topological polar surface area (TPSA) is 40.1 Å². The second kappa shape index (κ2) is 3.12. The Labute approximate surface area is 37.4 Å². The summed E-state index contributed by atoms with van der Waals surface area (Å²) >= 11 is 0. The van der Waals surface area contributed by atoms with Gasteiger partial charge in [-0.25, -0.2) is 5.11 Å². The van der Waals surface area contributed by atoms with Gasteiger partial charge in [0.15, 0.2) is 0 Å². The van der Waals surface area contributed by atoms with E-state index in [9.17, 15) is 5.11 Å². The highest BCUT2D eigenvalue weighted by Gasteiger charge is 1.89. The molecule has 0 bridgehead atoms. The van der Waals surface area contributed by atoms with Gasteiger partial charge in [0.25, 0.3) is 0 Å². The van der Waals surface area contributed by atoms with Crippen molar-refractivity contribution in [1.29, 1.82) is 0 Å². The van der Waals surface area contributed by atoms with Gasteiger partial charge in [0.1, 0.15) is 0 Å². The van der Waals surface area contributed by atoms with E-state index in [2.05, 4.69) is 6.92 Å². The van der Waals surface area contributed by atoms with Crippen LogP contribution in [-0.4, -0.2) is 17.8 Å². The highest BCUT2D eigenvalue weighted by molar-refractivity contribution is 4.52. The van der Waals surface area contributed by atoms with Crippen LogP contribution in [0.5, 0.6) is 0 Å². The normalized spacial score (nSPS) is 14.5. The smallest absolute Gasteiger partial charge is 0.0846 e. The third-order valence-corrected chi connectivity index (χ3v) is 0.451. The summed E-state index contributed by atoms with van der Waals surface area (Å²) in [5, 5.41) is 17.8. The molecular weight excluding hydrogens is 80.0 g/mol. The Morgan fingerprint density at radius 1 is 1.83 bits per heavy atom. The van der Waals surface area contributed by atoms with Gasteiger partial charge >= 0.3 is 0 Å².